The molecule has 0 aromatic heterocycles. The van der Waals surface area contributed by atoms with E-state index in [1.165, 1.54) is 0 Å². The smallest absolute Gasteiger partial charge is 0.129 e. The Bertz CT molecular complexity index is 410. The number of hydrogen-bond donors (Lipinski definition) is 1. The fraction of sp³-hybridized carbons (Fsp3) is 0.333. The minimum absolute atomic E-state index is 0.429. The Kier molecular flexibility index (Phi) is 2.73. The molecule has 1 aromatic carbocycles. The second kappa shape index (κ2) is 4.03. The van der Waals surface area contributed by atoms with Crippen molar-refractivity contribution < 1.29 is 14.2 Å². The van der Waals surface area contributed by atoms with E-state index in [0.29, 0.717) is 12.0 Å². The Morgan fingerprint density at radius 3 is 2.93 bits per heavy atom. The molecule has 1 aliphatic carbocycles. The number of methoxy groups -OCH3 is 1. The Balaban J connectivity index is 2.49. The molecule has 0 saturated carbocycles. The van der Waals surface area contributed by atoms with Crippen LogP contribution in [0.1, 0.15) is 17.5 Å². The summed E-state index contributed by atoms with van der Waals surface area (Å²) < 4.78 is 18.4. The molecule has 15 heavy (non-hydrogen) atoms. The third-order valence-corrected chi connectivity index (χ3v) is 2.75. The van der Waals surface area contributed by atoms with E-state index in [2.05, 4.69) is 0 Å². The van der Waals surface area contributed by atoms with Gasteiger partial charge in [-0.2, -0.15) is 0 Å². The molecule has 1 aliphatic rings. The molecule has 0 atom stereocenters. The monoisotopic (exact) mass is 208 g/mol. The van der Waals surface area contributed by atoms with E-state index in [4.69, 9.17) is 9.84 Å². The summed E-state index contributed by atoms with van der Waals surface area (Å²) in [5.41, 5.74) is 2.61. The quantitative estimate of drug-likeness (QED) is 0.808. The van der Waals surface area contributed by atoms with Crippen molar-refractivity contribution in [3.05, 3.63) is 35.2 Å². The van der Waals surface area contributed by atoms with Crippen LogP contribution in [0.5, 0.6) is 5.75 Å². The lowest BCUT2D eigenvalue weighted by atomic mass is 10.1. The maximum absolute atomic E-state index is 13.3. The highest BCUT2D eigenvalue weighted by Crippen LogP contribution is 2.36. The summed E-state index contributed by atoms with van der Waals surface area (Å²) in [4.78, 5) is 0. The number of aliphatic hydroxyl groups is 1. The number of ether oxygens (including phenoxy) is 1. The number of aryl methyl sites for hydroxylation is 1. The van der Waals surface area contributed by atoms with Gasteiger partial charge < -0.3 is 9.84 Å². The topological polar surface area (TPSA) is 29.5 Å². The predicted octanol–water partition coefficient (Wildman–Crippen LogP) is 2.31. The van der Waals surface area contributed by atoms with Crippen LogP contribution in [0.3, 0.4) is 0 Å². The molecule has 0 saturated heterocycles. The summed E-state index contributed by atoms with van der Waals surface area (Å²) in [6, 6.07) is 5.65. The van der Waals surface area contributed by atoms with E-state index in [9.17, 15) is 4.39 Å². The van der Waals surface area contributed by atoms with E-state index >= 15 is 0 Å². The van der Waals surface area contributed by atoms with Gasteiger partial charge in [-0.15, -0.1) is 0 Å². The molecule has 0 radical (unpaired) electrons. The molecule has 1 aromatic rings. The van der Waals surface area contributed by atoms with Gasteiger partial charge in [-0.25, -0.2) is 4.39 Å². The molecule has 0 unspecified atom stereocenters. The second-order valence-corrected chi connectivity index (χ2v) is 3.56. The van der Waals surface area contributed by atoms with Crippen molar-refractivity contribution in [1.82, 2.24) is 0 Å². The predicted molar refractivity (Wildman–Crippen MR) is 56.4 cm³/mol. The second-order valence-electron chi connectivity index (χ2n) is 3.56. The van der Waals surface area contributed by atoms with Gasteiger partial charge in [0.05, 0.1) is 13.7 Å². The van der Waals surface area contributed by atoms with Crippen molar-refractivity contribution >= 4 is 5.57 Å². The number of allylic oxidation sites excluding steroid dienone is 1. The first-order chi connectivity index (χ1) is 7.26. The van der Waals surface area contributed by atoms with Crippen LogP contribution >= 0.6 is 0 Å². The Labute approximate surface area is 88.0 Å². The molecule has 2 rings (SSSR count). The largest absolute Gasteiger partial charge is 0.497 e. The lowest BCUT2D eigenvalue weighted by Gasteiger charge is -2.05. The van der Waals surface area contributed by atoms with Crippen molar-refractivity contribution in [3.63, 3.8) is 0 Å². The first kappa shape index (κ1) is 10.2. The molecular weight excluding hydrogens is 195 g/mol. The molecule has 2 nitrogen and oxygen atoms in total. The first-order valence-corrected chi connectivity index (χ1v) is 4.92. The van der Waals surface area contributed by atoms with E-state index in [0.717, 1.165) is 23.3 Å². The molecule has 80 valence electrons. The fourth-order valence-electron chi connectivity index (χ4n) is 1.95. The van der Waals surface area contributed by atoms with Gasteiger partial charge in [-0.05, 0) is 41.7 Å². The van der Waals surface area contributed by atoms with E-state index in [-0.39, 0.29) is 0 Å². The van der Waals surface area contributed by atoms with E-state index in [1.54, 1.807) is 7.11 Å². The zero-order valence-corrected chi connectivity index (χ0v) is 8.59. The minimum atomic E-state index is -0.522. The molecule has 0 bridgehead atoms. The average molecular weight is 208 g/mol. The van der Waals surface area contributed by atoms with Crippen LogP contribution in [0, 0.1) is 0 Å². The lowest BCUT2D eigenvalue weighted by Crippen LogP contribution is -1.90. The minimum Gasteiger partial charge on any atom is -0.497 e. The van der Waals surface area contributed by atoms with Crippen molar-refractivity contribution in [1.29, 1.82) is 0 Å². The first-order valence-electron chi connectivity index (χ1n) is 4.92. The van der Waals surface area contributed by atoms with E-state index in [1.807, 2.05) is 18.2 Å². The van der Waals surface area contributed by atoms with Gasteiger partial charge in [0.25, 0.3) is 0 Å². The van der Waals surface area contributed by atoms with Crippen LogP contribution in [0.4, 0.5) is 4.39 Å². The number of aliphatic hydroxyl groups excluding tert-OH is 1. The lowest BCUT2D eigenvalue weighted by molar-refractivity contribution is 0.299. The van der Waals surface area contributed by atoms with Gasteiger partial charge in [0.1, 0.15) is 11.6 Å². The van der Waals surface area contributed by atoms with Gasteiger partial charge in [-0.3, -0.25) is 0 Å². The van der Waals surface area contributed by atoms with Gasteiger partial charge in [0.2, 0.25) is 0 Å². The van der Waals surface area contributed by atoms with Gasteiger partial charge in [0, 0.05) is 0 Å². The average Bonchev–Trinajstić information content (AvgIpc) is 2.70. The highest BCUT2D eigenvalue weighted by atomic mass is 19.1. The fourth-order valence-corrected chi connectivity index (χ4v) is 1.95. The molecule has 0 fully saturated rings. The van der Waals surface area contributed by atoms with Crippen molar-refractivity contribution in [2.75, 3.05) is 13.7 Å². The Morgan fingerprint density at radius 2 is 2.27 bits per heavy atom. The summed E-state index contributed by atoms with van der Waals surface area (Å²) in [6.07, 6.45) is 1.50. The molecule has 1 N–H and O–H groups in total. The Hall–Kier alpha value is -1.35. The normalized spacial score (nSPS) is 17.5. The van der Waals surface area contributed by atoms with Gasteiger partial charge in [0.15, 0.2) is 0 Å². The SMILES string of the molecule is COc1ccc2c(c1)/C(=C(\F)CO)CC2. The van der Waals surface area contributed by atoms with Crippen LogP contribution in [0.25, 0.3) is 5.57 Å². The molecule has 0 spiro atoms. The highest BCUT2D eigenvalue weighted by Gasteiger charge is 2.20. The van der Waals surface area contributed by atoms with Crippen molar-refractivity contribution in [3.8, 4) is 5.75 Å². The third-order valence-electron chi connectivity index (χ3n) is 2.75. The van der Waals surface area contributed by atoms with Crippen LogP contribution in [-0.2, 0) is 6.42 Å². The zero-order chi connectivity index (χ0) is 10.8. The van der Waals surface area contributed by atoms with Crippen molar-refractivity contribution in [2.45, 2.75) is 12.8 Å². The highest BCUT2D eigenvalue weighted by molar-refractivity contribution is 5.75. The molecule has 0 heterocycles. The number of fused-ring (bicyclic) bond motifs is 1. The van der Waals surface area contributed by atoms with Gasteiger partial charge >= 0.3 is 0 Å². The summed E-state index contributed by atoms with van der Waals surface area (Å²) in [5, 5.41) is 8.78. The number of hydrogen-bond acceptors (Lipinski definition) is 2. The van der Waals surface area contributed by atoms with Crippen LogP contribution in [0.2, 0.25) is 0 Å². The van der Waals surface area contributed by atoms with E-state index < -0.39 is 12.4 Å². The molecule has 0 aliphatic heterocycles. The number of rotatable bonds is 2. The summed E-state index contributed by atoms with van der Waals surface area (Å²) in [7, 11) is 1.59. The molecule has 3 heteroatoms. The van der Waals surface area contributed by atoms with Crippen molar-refractivity contribution in [2.24, 2.45) is 0 Å². The number of halogens is 1. The standard InChI is InChI=1S/C12H13FO2/c1-15-9-4-2-8-3-5-10(11(8)6-9)12(13)7-14/h2,4,6,14H,3,5,7H2,1H3/b12-10-. The van der Waals surface area contributed by atoms with Crippen LogP contribution in [0.15, 0.2) is 24.0 Å². The maximum atomic E-state index is 13.3. The maximum Gasteiger partial charge on any atom is 0.129 e. The molecular formula is C12H13FO2. The summed E-state index contributed by atoms with van der Waals surface area (Å²) >= 11 is 0. The third kappa shape index (κ3) is 1.75. The van der Waals surface area contributed by atoms with Crippen LogP contribution < -0.4 is 4.74 Å². The van der Waals surface area contributed by atoms with Crippen LogP contribution in [-0.4, -0.2) is 18.8 Å². The zero-order valence-electron chi connectivity index (χ0n) is 8.59. The summed E-state index contributed by atoms with van der Waals surface area (Å²) in [6.45, 7) is -0.522. The van der Waals surface area contributed by atoms with Gasteiger partial charge in [-0.1, -0.05) is 6.07 Å². The summed E-state index contributed by atoms with van der Waals surface area (Å²) in [5.74, 6) is 0.292. The Morgan fingerprint density at radius 1 is 1.47 bits per heavy atom. The number of benzene rings is 1. The molecule has 0 amide bonds.